The lowest BCUT2D eigenvalue weighted by Crippen LogP contribution is -2.48. The van der Waals surface area contributed by atoms with E-state index in [-0.39, 0.29) is 11.6 Å². The van der Waals surface area contributed by atoms with Crippen LogP contribution in [0.25, 0.3) is 0 Å². The molecule has 0 bridgehead atoms. The molecule has 4 nitrogen and oxygen atoms in total. The molecule has 2 aliphatic carbocycles. The molecular weight excluding hydrogens is 355 g/mol. The maximum absolute atomic E-state index is 9.87. The first-order chi connectivity index (χ1) is 12.0. The van der Waals surface area contributed by atoms with Crippen molar-refractivity contribution in [2.45, 2.75) is 25.2 Å². The number of rotatable bonds is 1. The van der Waals surface area contributed by atoms with Gasteiger partial charge in [-0.25, -0.2) is 0 Å². The minimum Gasteiger partial charge on any atom is -0.305 e. The predicted molar refractivity (Wildman–Crippen MR) is 95.1 cm³/mol. The van der Waals surface area contributed by atoms with Gasteiger partial charge >= 0.3 is 0 Å². The second-order valence-corrected chi connectivity index (χ2v) is 7.21. The summed E-state index contributed by atoms with van der Waals surface area (Å²) in [4.78, 5) is 0. The van der Waals surface area contributed by atoms with Crippen LogP contribution in [-0.2, 0) is 0 Å². The molecule has 25 heavy (non-hydrogen) atoms. The molecule has 1 fully saturated rings. The van der Waals surface area contributed by atoms with Crippen LogP contribution in [0.15, 0.2) is 29.8 Å². The summed E-state index contributed by atoms with van der Waals surface area (Å²) in [6, 6.07) is 11.3. The summed E-state index contributed by atoms with van der Waals surface area (Å²) in [6.45, 7) is 0. The van der Waals surface area contributed by atoms with Gasteiger partial charge in [-0.05, 0) is 48.4 Å². The highest BCUT2D eigenvalue weighted by Crippen LogP contribution is 2.55. The Labute approximate surface area is 156 Å². The van der Waals surface area contributed by atoms with Crippen molar-refractivity contribution in [3.63, 3.8) is 0 Å². The van der Waals surface area contributed by atoms with Crippen molar-refractivity contribution < 1.29 is 0 Å². The summed E-state index contributed by atoms with van der Waals surface area (Å²) in [5, 5.41) is 38.5. The maximum Gasteiger partial charge on any atom is 0.189 e. The van der Waals surface area contributed by atoms with Gasteiger partial charge in [0, 0.05) is 5.92 Å². The summed E-state index contributed by atoms with van der Waals surface area (Å²) in [5.41, 5.74) is -0.260. The molecule has 3 atom stereocenters. The minimum atomic E-state index is -1.68. The number of nitrogens with zero attached hydrogens (tertiary/aromatic N) is 3. The molecule has 0 heterocycles. The van der Waals surface area contributed by atoms with E-state index in [2.05, 4.69) is 18.2 Å². The Morgan fingerprint density at radius 2 is 1.84 bits per heavy atom. The number of hydrogen-bond acceptors (Lipinski definition) is 4. The standard InChI is InChI=1S/C19H14Cl2N4/c20-15-6-5-11(7-16(15)21)17-13-4-2-1-3-12(13)14(8-22)18(25)19(17,9-23)10-24/h3,5-7,13-14,17,25H,1-2,4H2/t13-,14-,17+/m0/s1. The van der Waals surface area contributed by atoms with E-state index in [4.69, 9.17) is 28.6 Å². The molecule has 0 unspecified atom stereocenters. The zero-order valence-corrected chi connectivity index (χ0v) is 14.8. The van der Waals surface area contributed by atoms with Crippen molar-refractivity contribution in [3.05, 3.63) is 45.5 Å². The first-order valence-corrected chi connectivity index (χ1v) is 8.71. The molecule has 1 saturated carbocycles. The highest BCUT2D eigenvalue weighted by atomic mass is 35.5. The van der Waals surface area contributed by atoms with Gasteiger partial charge in [-0.2, -0.15) is 15.8 Å². The van der Waals surface area contributed by atoms with Crippen LogP contribution in [-0.4, -0.2) is 5.71 Å². The molecule has 0 radical (unpaired) electrons. The number of halogens is 2. The van der Waals surface area contributed by atoms with Crippen LogP contribution in [0.3, 0.4) is 0 Å². The molecule has 0 saturated heterocycles. The van der Waals surface area contributed by atoms with Crippen molar-refractivity contribution in [2.75, 3.05) is 0 Å². The monoisotopic (exact) mass is 368 g/mol. The number of benzene rings is 1. The summed E-state index contributed by atoms with van der Waals surface area (Å²) in [7, 11) is 0. The summed E-state index contributed by atoms with van der Waals surface area (Å²) >= 11 is 12.2. The molecule has 0 spiro atoms. The number of fused-ring (bicyclic) bond motifs is 1. The number of nitrogens with one attached hydrogen (secondary N) is 1. The number of nitriles is 3. The van der Waals surface area contributed by atoms with Gasteiger partial charge in [-0.3, -0.25) is 0 Å². The zero-order chi connectivity index (χ0) is 18.2. The predicted octanol–water partition coefficient (Wildman–Crippen LogP) is 5.01. The Hall–Kier alpha value is -2.32. The van der Waals surface area contributed by atoms with E-state index >= 15 is 0 Å². The zero-order valence-electron chi connectivity index (χ0n) is 13.3. The van der Waals surface area contributed by atoms with E-state index < -0.39 is 17.3 Å². The van der Waals surface area contributed by atoms with E-state index in [1.807, 2.05) is 6.08 Å². The molecule has 3 rings (SSSR count). The van der Waals surface area contributed by atoms with Crippen molar-refractivity contribution in [1.29, 1.82) is 21.2 Å². The van der Waals surface area contributed by atoms with Crippen molar-refractivity contribution in [1.82, 2.24) is 0 Å². The highest BCUT2D eigenvalue weighted by Gasteiger charge is 2.57. The summed E-state index contributed by atoms with van der Waals surface area (Å²) in [5.74, 6) is -1.49. The van der Waals surface area contributed by atoms with Gasteiger partial charge in [0.25, 0.3) is 0 Å². The van der Waals surface area contributed by atoms with Crippen LogP contribution >= 0.6 is 23.2 Å². The normalized spacial score (nSPS) is 27.2. The van der Waals surface area contributed by atoms with Crippen LogP contribution in [0.4, 0.5) is 0 Å². The van der Waals surface area contributed by atoms with Gasteiger partial charge in [-0.15, -0.1) is 0 Å². The third-order valence-electron chi connectivity index (χ3n) is 5.23. The van der Waals surface area contributed by atoms with Crippen molar-refractivity contribution in [2.24, 2.45) is 17.3 Å². The second kappa shape index (κ2) is 6.53. The SMILES string of the molecule is N#C[C@@H]1C(=N)C(C#N)(C#N)[C@H](c2ccc(Cl)c(Cl)c2)[C@H]2CCCC=C12. The van der Waals surface area contributed by atoms with E-state index in [0.717, 1.165) is 24.8 Å². The first kappa shape index (κ1) is 17.5. The van der Waals surface area contributed by atoms with Gasteiger partial charge in [0.2, 0.25) is 0 Å². The maximum atomic E-state index is 9.87. The summed E-state index contributed by atoms with van der Waals surface area (Å²) < 4.78 is 0. The molecule has 1 N–H and O–H groups in total. The molecule has 124 valence electrons. The molecule has 1 aromatic carbocycles. The van der Waals surface area contributed by atoms with Crippen LogP contribution in [0, 0.1) is 56.7 Å². The van der Waals surface area contributed by atoms with Gasteiger partial charge in [0.05, 0.1) is 34.0 Å². The molecular formula is C19H14Cl2N4. The quantitative estimate of drug-likeness (QED) is 0.705. The van der Waals surface area contributed by atoms with E-state index in [9.17, 15) is 15.8 Å². The van der Waals surface area contributed by atoms with E-state index in [1.54, 1.807) is 18.2 Å². The van der Waals surface area contributed by atoms with E-state index in [0.29, 0.717) is 15.6 Å². The van der Waals surface area contributed by atoms with Gasteiger partial charge in [0.1, 0.15) is 5.92 Å². The Kier molecular flexibility index (Phi) is 4.57. The third-order valence-corrected chi connectivity index (χ3v) is 5.97. The first-order valence-electron chi connectivity index (χ1n) is 7.96. The van der Waals surface area contributed by atoms with Crippen LogP contribution in [0.5, 0.6) is 0 Å². The Morgan fingerprint density at radius 1 is 1.12 bits per heavy atom. The Morgan fingerprint density at radius 3 is 2.44 bits per heavy atom. The van der Waals surface area contributed by atoms with Gasteiger partial charge in [-0.1, -0.05) is 35.3 Å². The molecule has 0 aliphatic heterocycles. The fourth-order valence-corrected chi connectivity index (χ4v) is 4.40. The van der Waals surface area contributed by atoms with Gasteiger partial charge in [0.15, 0.2) is 5.41 Å². The topological polar surface area (TPSA) is 95.2 Å². The highest BCUT2D eigenvalue weighted by molar-refractivity contribution is 6.42. The molecule has 0 amide bonds. The average Bonchev–Trinajstić information content (AvgIpc) is 2.63. The van der Waals surface area contributed by atoms with Crippen LogP contribution in [0.2, 0.25) is 10.0 Å². The van der Waals surface area contributed by atoms with Crippen molar-refractivity contribution in [3.8, 4) is 18.2 Å². The lowest BCUT2D eigenvalue weighted by atomic mass is 9.53. The van der Waals surface area contributed by atoms with Crippen LogP contribution in [0.1, 0.15) is 30.7 Å². The molecule has 0 aromatic heterocycles. The number of hydrogen-bond donors (Lipinski definition) is 1. The second-order valence-electron chi connectivity index (χ2n) is 6.40. The third kappa shape index (κ3) is 2.52. The van der Waals surface area contributed by atoms with E-state index in [1.165, 1.54) is 0 Å². The fourth-order valence-electron chi connectivity index (χ4n) is 4.09. The molecule has 1 aromatic rings. The van der Waals surface area contributed by atoms with Crippen LogP contribution < -0.4 is 0 Å². The number of allylic oxidation sites excluding steroid dienone is 2. The fraction of sp³-hybridized carbons (Fsp3) is 0.368. The lowest BCUT2D eigenvalue weighted by Gasteiger charge is -2.45. The summed E-state index contributed by atoms with van der Waals surface area (Å²) in [6.07, 6.45) is 4.54. The smallest absolute Gasteiger partial charge is 0.189 e. The molecule has 2 aliphatic rings. The van der Waals surface area contributed by atoms with Crippen molar-refractivity contribution >= 4 is 28.9 Å². The lowest BCUT2D eigenvalue weighted by molar-refractivity contribution is 0.320. The molecule has 6 heteroatoms. The minimum absolute atomic E-state index is 0.135. The Balaban J connectivity index is 2.27. The average molecular weight is 369 g/mol. The largest absolute Gasteiger partial charge is 0.305 e. The van der Waals surface area contributed by atoms with Gasteiger partial charge < -0.3 is 5.41 Å². The Bertz CT molecular complexity index is 883.